The van der Waals surface area contributed by atoms with Crippen LogP contribution in [0.2, 0.25) is 0 Å². The van der Waals surface area contributed by atoms with Crippen LogP contribution in [0.4, 0.5) is 0 Å². The minimum Gasteiger partial charge on any atom is -0.242 e. The summed E-state index contributed by atoms with van der Waals surface area (Å²) in [6.07, 6.45) is 0. The van der Waals surface area contributed by atoms with Crippen LogP contribution in [0.25, 0.3) is 0 Å². The standard InChI is InChI=1S/C9H12ClNO2S/c1-7-4-3-5-9(11-7)14(12,13)8(2)6-10/h3-5,8H,6H2,1-2H3. The van der Waals surface area contributed by atoms with Gasteiger partial charge in [-0.3, -0.25) is 0 Å². The minimum atomic E-state index is -3.35. The fourth-order valence-electron chi connectivity index (χ4n) is 0.966. The van der Waals surface area contributed by atoms with Gasteiger partial charge in [0.2, 0.25) is 0 Å². The van der Waals surface area contributed by atoms with E-state index in [1.54, 1.807) is 26.0 Å². The molecular formula is C9H12ClNO2S. The van der Waals surface area contributed by atoms with Crippen molar-refractivity contribution in [3.8, 4) is 0 Å². The molecule has 1 aromatic rings. The summed E-state index contributed by atoms with van der Waals surface area (Å²) in [7, 11) is -3.35. The molecule has 1 atom stereocenters. The van der Waals surface area contributed by atoms with Crippen LogP contribution < -0.4 is 0 Å². The van der Waals surface area contributed by atoms with E-state index in [4.69, 9.17) is 11.6 Å². The molecule has 1 unspecified atom stereocenters. The van der Waals surface area contributed by atoms with E-state index >= 15 is 0 Å². The van der Waals surface area contributed by atoms with Crippen LogP contribution in [0.15, 0.2) is 23.2 Å². The Kier molecular flexibility index (Phi) is 3.50. The maximum atomic E-state index is 11.8. The molecule has 1 aromatic heterocycles. The Labute approximate surface area is 89.0 Å². The number of pyridine rings is 1. The Balaban J connectivity index is 3.17. The molecule has 0 radical (unpaired) electrons. The largest absolute Gasteiger partial charge is 0.242 e. The maximum Gasteiger partial charge on any atom is 0.199 e. The first-order chi connectivity index (χ1) is 6.48. The summed E-state index contributed by atoms with van der Waals surface area (Å²) in [6, 6.07) is 4.92. The lowest BCUT2D eigenvalue weighted by Crippen LogP contribution is -2.20. The number of nitrogens with zero attached hydrogens (tertiary/aromatic N) is 1. The zero-order chi connectivity index (χ0) is 10.8. The normalized spacial score (nSPS) is 13.9. The molecule has 0 saturated carbocycles. The van der Waals surface area contributed by atoms with Gasteiger partial charge in [-0.25, -0.2) is 13.4 Å². The second-order valence-electron chi connectivity index (χ2n) is 3.13. The summed E-state index contributed by atoms with van der Waals surface area (Å²) in [5.41, 5.74) is 0.688. The first-order valence-electron chi connectivity index (χ1n) is 4.22. The highest BCUT2D eigenvalue weighted by Crippen LogP contribution is 2.14. The second-order valence-corrected chi connectivity index (χ2v) is 5.75. The van der Waals surface area contributed by atoms with Crippen molar-refractivity contribution in [1.82, 2.24) is 4.98 Å². The number of aryl methyl sites for hydroxylation is 1. The van der Waals surface area contributed by atoms with Crippen molar-refractivity contribution < 1.29 is 8.42 Å². The molecule has 14 heavy (non-hydrogen) atoms. The van der Waals surface area contributed by atoms with Gasteiger partial charge in [-0.05, 0) is 26.0 Å². The molecule has 1 rings (SSSR count). The van der Waals surface area contributed by atoms with Gasteiger partial charge in [-0.15, -0.1) is 11.6 Å². The number of rotatable bonds is 3. The Hall–Kier alpha value is -0.610. The fourth-order valence-corrected chi connectivity index (χ4v) is 2.58. The summed E-state index contributed by atoms with van der Waals surface area (Å²) in [5.74, 6) is 0.0813. The van der Waals surface area contributed by atoms with Gasteiger partial charge in [0.15, 0.2) is 14.9 Å². The van der Waals surface area contributed by atoms with E-state index in [-0.39, 0.29) is 10.9 Å². The first-order valence-corrected chi connectivity index (χ1v) is 6.30. The molecule has 0 aliphatic heterocycles. The van der Waals surface area contributed by atoms with Gasteiger partial charge in [-0.1, -0.05) is 6.07 Å². The van der Waals surface area contributed by atoms with Gasteiger partial charge < -0.3 is 0 Å². The van der Waals surface area contributed by atoms with Crippen molar-refractivity contribution in [1.29, 1.82) is 0 Å². The molecule has 3 nitrogen and oxygen atoms in total. The van der Waals surface area contributed by atoms with E-state index < -0.39 is 15.1 Å². The van der Waals surface area contributed by atoms with Crippen molar-refractivity contribution in [2.45, 2.75) is 24.1 Å². The van der Waals surface area contributed by atoms with Gasteiger partial charge in [-0.2, -0.15) is 0 Å². The lowest BCUT2D eigenvalue weighted by atomic mass is 10.4. The average Bonchev–Trinajstić information content (AvgIpc) is 2.16. The molecule has 0 bridgehead atoms. The van der Waals surface area contributed by atoms with Crippen LogP contribution in [-0.2, 0) is 9.84 Å². The van der Waals surface area contributed by atoms with Gasteiger partial charge in [0.1, 0.15) is 0 Å². The lowest BCUT2D eigenvalue weighted by Gasteiger charge is -2.08. The monoisotopic (exact) mass is 233 g/mol. The van der Waals surface area contributed by atoms with Gasteiger partial charge in [0.25, 0.3) is 0 Å². The van der Waals surface area contributed by atoms with E-state index in [2.05, 4.69) is 4.98 Å². The summed E-state index contributed by atoms with van der Waals surface area (Å²) in [5, 5.41) is -0.496. The molecule has 78 valence electrons. The molecule has 0 saturated heterocycles. The summed E-state index contributed by atoms with van der Waals surface area (Å²) in [6.45, 7) is 3.33. The third kappa shape index (κ3) is 2.25. The highest BCUT2D eigenvalue weighted by atomic mass is 35.5. The van der Waals surface area contributed by atoms with Crippen LogP contribution in [0.5, 0.6) is 0 Å². The Morgan fingerprint density at radius 1 is 1.50 bits per heavy atom. The van der Waals surface area contributed by atoms with E-state index in [9.17, 15) is 8.42 Å². The predicted octanol–water partition coefficient (Wildman–Crippen LogP) is 1.79. The highest BCUT2D eigenvalue weighted by molar-refractivity contribution is 7.92. The number of halogens is 1. The van der Waals surface area contributed by atoms with Crippen LogP contribution >= 0.6 is 11.6 Å². The number of alkyl halides is 1. The third-order valence-electron chi connectivity index (χ3n) is 1.90. The van der Waals surface area contributed by atoms with Crippen LogP contribution in [0, 0.1) is 6.92 Å². The smallest absolute Gasteiger partial charge is 0.199 e. The molecule has 0 aromatic carbocycles. The molecule has 1 heterocycles. The van der Waals surface area contributed by atoms with Crippen LogP contribution in [0.1, 0.15) is 12.6 Å². The molecular weight excluding hydrogens is 222 g/mol. The van der Waals surface area contributed by atoms with Crippen molar-refractivity contribution in [2.75, 3.05) is 5.88 Å². The molecule has 0 spiro atoms. The van der Waals surface area contributed by atoms with E-state index in [0.29, 0.717) is 5.69 Å². The van der Waals surface area contributed by atoms with E-state index in [0.717, 1.165) is 0 Å². The topological polar surface area (TPSA) is 47.0 Å². The fraction of sp³-hybridized carbons (Fsp3) is 0.444. The Morgan fingerprint density at radius 2 is 2.14 bits per heavy atom. The zero-order valence-corrected chi connectivity index (χ0v) is 9.64. The second kappa shape index (κ2) is 4.28. The quantitative estimate of drug-likeness (QED) is 0.748. The van der Waals surface area contributed by atoms with E-state index in [1.165, 1.54) is 6.07 Å². The Morgan fingerprint density at radius 3 is 2.64 bits per heavy atom. The van der Waals surface area contributed by atoms with Crippen molar-refractivity contribution in [3.63, 3.8) is 0 Å². The van der Waals surface area contributed by atoms with Crippen molar-refractivity contribution >= 4 is 21.4 Å². The van der Waals surface area contributed by atoms with E-state index in [1.807, 2.05) is 0 Å². The molecule has 0 N–H and O–H groups in total. The molecule has 0 aliphatic rings. The SMILES string of the molecule is Cc1cccc(S(=O)(=O)C(C)CCl)n1. The summed E-state index contributed by atoms with van der Waals surface area (Å²) >= 11 is 5.52. The zero-order valence-electron chi connectivity index (χ0n) is 8.07. The summed E-state index contributed by atoms with van der Waals surface area (Å²) in [4.78, 5) is 3.97. The number of hydrogen-bond donors (Lipinski definition) is 0. The molecule has 5 heteroatoms. The predicted molar refractivity (Wildman–Crippen MR) is 56.3 cm³/mol. The number of sulfone groups is 1. The maximum absolute atomic E-state index is 11.8. The van der Waals surface area contributed by atoms with Gasteiger partial charge in [0.05, 0.1) is 5.25 Å². The molecule has 0 fully saturated rings. The highest BCUT2D eigenvalue weighted by Gasteiger charge is 2.23. The Bertz CT molecular complexity index is 417. The van der Waals surface area contributed by atoms with Crippen LogP contribution in [-0.4, -0.2) is 24.5 Å². The summed E-state index contributed by atoms with van der Waals surface area (Å²) < 4.78 is 23.5. The van der Waals surface area contributed by atoms with Crippen LogP contribution in [0.3, 0.4) is 0 Å². The van der Waals surface area contributed by atoms with Gasteiger partial charge in [0, 0.05) is 11.6 Å². The van der Waals surface area contributed by atoms with Crippen molar-refractivity contribution in [2.24, 2.45) is 0 Å². The molecule has 0 amide bonds. The lowest BCUT2D eigenvalue weighted by molar-refractivity contribution is 0.583. The number of aromatic nitrogens is 1. The third-order valence-corrected chi connectivity index (χ3v) is 4.58. The minimum absolute atomic E-state index is 0.0813. The number of hydrogen-bond acceptors (Lipinski definition) is 3. The van der Waals surface area contributed by atoms with Gasteiger partial charge >= 0.3 is 0 Å². The average molecular weight is 234 g/mol. The van der Waals surface area contributed by atoms with Crippen molar-refractivity contribution in [3.05, 3.63) is 23.9 Å². The molecule has 0 aliphatic carbocycles. The first kappa shape index (κ1) is 11.5.